The van der Waals surface area contributed by atoms with E-state index < -0.39 is 10.0 Å². The fraction of sp³-hybridized carbons (Fsp3) is 0.357. The van der Waals surface area contributed by atoms with Crippen LogP contribution >= 0.6 is 11.3 Å². The highest BCUT2D eigenvalue weighted by Crippen LogP contribution is 2.20. The van der Waals surface area contributed by atoms with Crippen LogP contribution in [0.1, 0.15) is 10.5 Å². The highest BCUT2D eigenvalue weighted by atomic mass is 32.2. The Balaban J connectivity index is 1.70. The molecule has 0 saturated carbocycles. The molecule has 0 aromatic carbocycles. The third-order valence-corrected chi connectivity index (χ3v) is 6.47. The topological polar surface area (TPSA) is 85.5 Å². The molecule has 0 unspecified atom stereocenters. The van der Waals surface area contributed by atoms with E-state index in [9.17, 15) is 13.2 Å². The van der Waals surface area contributed by atoms with Gasteiger partial charge < -0.3 is 14.8 Å². The van der Waals surface area contributed by atoms with Gasteiger partial charge in [-0.3, -0.25) is 9.52 Å². The molecule has 1 amide bonds. The summed E-state index contributed by atoms with van der Waals surface area (Å²) in [6.07, 6.45) is 0. The number of likely N-dealkylation sites (N-methyl/N-ethyl adjacent to an activating group) is 1. The van der Waals surface area contributed by atoms with Crippen LogP contribution in [0.15, 0.2) is 33.9 Å². The van der Waals surface area contributed by atoms with Crippen molar-refractivity contribution in [1.82, 2.24) is 14.8 Å². The predicted molar refractivity (Wildman–Crippen MR) is 89.3 cm³/mol. The van der Waals surface area contributed by atoms with Crippen molar-refractivity contribution in [3.63, 3.8) is 0 Å². The van der Waals surface area contributed by atoms with Crippen molar-refractivity contribution in [3.8, 4) is 0 Å². The molecule has 0 atom stereocenters. The van der Waals surface area contributed by atoms with Crippen molar-refractivity contribution in [1.29, 1.82) is 0 Å². The maximum absolute atomic E-state index is 12.4. The minimum absolute atomic E-state index is 0.111. The fourth-order valence-electron chi connectivity index (χ4n) is 2.37. The molecule has 0 radical (unpaired) electrons. The Kier molecular flexibility index (Phi) is 4.42. The Morgan fingerprint density at radius 3 is 2.61 bits per heavy atom. The molecule has 1 fully saturated rings. The van der Waals surface area contributed by atoms with Crippen LogP contribution in [0.2, 0.25) is 0 Å². The number of nitrogens with one attached hydrogen (secondary N) is 2. The predicted octanol–water partition coefficient (Wildman–Crippen LogP) is 1.26. The van der Waals surface area contributed by atoms with Gasteiger partial charge in [-0.1, -0.05) is 6.07 Å². The van der Waals surface area contributed by atoms with Gasteiger partial charge in [-0.25, -0.2) is 8.42 Å². The first-order valence-electron chi connectivity index (χ1n) is 7.19. The number of aromatic amines is 1. The summed E-state index contributed by atoms with van der Waals surface area (Å²) in [5, 5.41) is 1.70. The van der Waals surface area contributed by atoms with Crippen LogP contribution in [0, 0.1) is 0 Å². The molecule has 0 aliphatic carbocycles. The average molecular weight is 354 g/mol. The van der Waals surface area contributed by atoms with Crippen LogP contribution < -0.4 is 4.72 Å². The van der Waals surface area contributed by atoms with Crippen LogP contribution in [0.25, 0.3) is 0 Å². The van der Waals surface area contributed by atoms with E-state index in [4.69, 9.17) is 0 Å². The van der Waals surface area contributed by atoms with Gasteiger partial charge in [-0.05, 0) is 30.6 Å². The number of piperazine rings is 1. The molecule has 0 bridgehead atoms. The maximum atomic E-state index is 12.4. The normalized spacial score (nSPS) is 16.5. The largest absolute Gasteiger partial charge is 0.337 e. The number of sulfonamides is 1. The van der Waals surface area contributed by atoms with Crippen molar-refractivity contribution in [2.75, 3.05) is 37.9 Å². The lowest BCUT2D eigenvalue weighted by atomic mass is 10.3. The summed E-state index contributed by atoms with van der Waals surface area (Å²) in [5.41, 5.74) is 0.387. The van der Waals surface area contributed by atoms with Gasteiger partial charge in [0.1, 0.15) is 15.7 Å². The third kappa shape index (κ3) is 3.57. The summed E-state index contributed by atoms with van der Waals surface area (Å²) >= 11 is 1.14. The number of carbonyl (C=O) groups is 1. The lowest BCUT2D eigenvalue weighted by Crippen LogP contribution is -2.47. The smallest absolute Gasteiger partial charge is 0.272 e. The number of carbonyl (C=O) groups excluding carboxylic acids is 1. The first kappa shape index (κ1) is 16.0. The van der Waals surface area contributed by atoms with Crippen LogP contribution in [-0.4, -0.2) is 62.3 Å². The molecule has 3 rings (SSSR count). The Morgan fingerprint density at radius 1 is 1.22 bits per heavy atom. The second-order valence-electron chi connectivity index (χ2n) is 5.42. The molecule has 2 aromatic heterocycles. The summed E-state index contributed by atoms with van der Waals surface area (Å²) in [4.78, 5) is 19.2. The van der Waals surface area contributed by atoms with Gasteiger partial charge >= 0.3 is 0 Å². The Hall–Kier alpha value is -1.84. The van der Waals surface area contributed by atoms with Crippen molar-refractivity contribution in [2.45, 2.75) is 4.21 Å². The average Bonchev–Trinajstić information content (AvgIpc) is 3.18. The maximum Gasteiger partial charge on any atom is 0.272 e. The molecule has 3 heterocycles. The van der Waals surface area contributed by atoms with E-state index in [2.05, 4.69) is 14.6 Å². The lowest BCUT2D eigenvalue weighted by molar-refractivity contribution is 0.0659. The van der Waals surface area contributed by atoms with Gasteiger partial charge in [0.05, 0.1) is 0 Å². The molecule has 0 spiro atoms. The highest BCUT2D eigenvalue weighted by molar-refractivity contribution is 7.94. The molecule has 1 aliphatic rings. The zero-order valence-electron chi connectivity index (χ0n) is 12.7. The standard InChI is InChI=1S/C14H18N4O3S2/c1-17-6-8-18(9-7-17)14(19)11-4-5-12(15-11)16-23(20,21)13-3-2-10-22-13/h2-5,10,15-16H,6-9H2,1H3. The van der Waals surface area contributed by atoms with Gasteiger partial charge in [0.2, 0.25) is 0 Å². The quantitative estimate of drug-likeness (QED) is 0.866. The number of H-pyrrole nitrogens is 1. The van der Waals surface area contributed by atoms with Crippen molar-refractivity contribution < 1.29 is 13.2 Å². The van der Waals surface area contributed by atoms with E-state index in [-0.39, 0.29) is 15.9 Å². The zero-order valence-corrected chi connectivity index (χ0v) is 14.3. The van der Waals surface area contributed by atoms with Gasteiger partial charge in [0.15, 0.2) is 0 Å². The van der Waals surface area contributed by atoms with E-state index in [1.807, 2.05) is 7.05 Å². The van der Waals surface area contributed by atoms with Crippen molar-refractivity contribution in [2.24, 2.45) is 0 Å². The minimum Gasteiger partial charge on any atom is -0.337 e. The number of nitrogens with zero attached hydrogens (tertiary/aromatic N) is 2. The fourth-order valence-corrected chi connectivity index (χ4v) is 4.38. The molecular formula is C14H18N4O3S2. The van der Waals surface area contributed by atoms with Crippen molar-refractivity contribution in [3.05, 3.63) is 35.3 Å². The van der Waals surface area contributed by atoms with Crippen LogP contribution in [0.3, 0.4) is 0 Å². The van der Waals surface area contributed by atoms with E-state index in [1.165, 1.54) is 6.07 Å². The second-order valence-corrected chi connectivity index (χ2v) is 8.28. The summed E-state index contributed by atoms with van der Waals surface area (Å²) in [5.74, 6) is 0.176. The number of thiophene rings is 1. The number of aromatic nitrogens is 1. The minimum atomic E-state index is -3.61. The molecule has 7 nitrogen and oxygen atoms in total. The van der Waals surface area contributed by atoms with E-state index in [0.29, 0.717) is 18.8 Å². The number of hydrogen-bond acceptors (Lipinski definition) is 5. The molecule has 1 aliphatic heterocycles. The number of amides is 1. The van der Waals surface area contributed by atoms with Crippen molar-refractivity contribution >= 4 is 33.1 Å². The first-order valence-corrected chi connectivity index (χ1v) is 9.55. The third-order valence-electron chi connectivity index (χ3n) is 3.71. The van der Waals surface area contributed by atoms with Gasteiger partial charge in [0, 0.05) is 26.2 Å². The monoisotopic (exact) mass is 354 g/mol. The number of hydrogen-bond donors (Lipinski definition) is 2. The molecule has 2 aromatic rings. The van der Waals surface area contributed by atoms with E-state index in [0.717, 1.165) is 24.4 Å². The SMILES string of the molecule is CN1CCN(C(=O)c2ccc(NS(=O)(=O)c3cccs3)[nH]2)CC1. The lowest BCUT2D eigenvalue weighted by Gasteiger charge is -2.32. The second kappa shape index (κ2) is 6.34. The summed E-state index contributed by atoms with van der Waals surface area (Å²) in [6, 6.07) is 6.38. The van der Waals surface area contributed by atoms with Crippen LogP contribution in [0.5, 0.6) is 0 Å². The molecule has 124 valence electrons. The number of anilines is 1. The van der Waals surface area contributed by atoms with Crippen LogP contribution in [-0.2, 0) is 10.0 Å². The molecule has 9 heteroatoms. The summed E-state index contributed by atoms with van der Waals surface area (Å²) < 4.78 is 27.0. The Bertz CT molecular complexity index is 775. The van der Waals surface area contributed by atoms with Gasteiger partial charge in [0.25, 0.3) is 15.9 Å². The van der Waals surface area contributed by atoms with Gasteiger partial charge in [-0.15, -0.1) is 11.3 Å². The summed E-state index contributed by atoms with van der Waals surface area (Å²) in [7, 11) is -1.59. The molecule has 23 heavy (non-hydrogen) atoms. The van der Waals surface area contributed by atoms with Gasteiger partial charge in [-0.2, -0.15) is 0 Å². The first-order chi connectivity index (χ1) is 11.0. The van der Waals surface area contributed by atoms with E-state index >= 15 is 0 Å². The van der Waals surface area contributed by atoms with Crippen LogP contribution in [0.4, 0.5) is 5.82 Å². The van der Waals surface area contributed by atoms with E-state index in [1.54, 1.807) is 28.5 Å². The zero-order chi connectivity index (χ0) is 16.4. The summed E-state index contributed by atoms with van der Waals surface area (Å²) in [6.45, 7) is 3.02. The molecule has 2 N–H and O–H groups in total. The molecule has 1 saturated heterocycles. The number of rotatable bonds is 4. The highest BCUT2D eigenvalue weighted by Gasteiger charge is 2.22. The molecular weight excluding hydrogens is 336 g/mol. The Labute approximate surface area is 139 Å². The Morgan fingerprint density at radius 2 is 1.96 bits per heavy atom.